The molecule has 1 atom stereocenters. The van der Waals surface area contributed by atoms with E-state index in [-0.39, 0.29) is 5.97 Å². The first kappa shape index (κ1) is 12.5. The first-order valence-corrected chi connectivity index (χ1v) is 5.15. The highest BCUT2D eigenvalue weighted by Gasteiger charge is 2.18. The lowest BCUT2D eigenvalue weighted by Crippen LogP contribution is -2.37. The molecule has 1 rings (SSSR count). The van der Waals surface area contributed by atoms with E-state index in [4.69, 9.17) is 4.74 Å². The minimum absolute atomic E-state index is 0.302. The Bertz CT molecular complexity index is 359. The number of hydrogen-bond donors (Lipinski definition) is 1. The molecule has 0 spiro atoms. The van der Waals surface area contributed by atoms with E-state index in [0.717, 1.165) is 11.1 Å². The van der Waals surface area contributed by atoms with E-state index in [1.54, 1.807) is 6.92 Å². The van der Waals surface area contributed by atoms with Gasteiger partial charge in [-0.3, -0.25) is 10.1 Å². The van der Waals surface area contributed by atoms with Crippen LogP contribution in [0.3, 0.4) is 0 Å². The van der Waals surface area contributed by atoms with Gasteiger partial charge in [0.25, 0.3) is 0 Å². The van der Waals surface area contributed by atoms with Gasteiger partial charge in [0.15, 0.2) is 0 Å². The van der Waals surface area contributed by atoms with E-state index in [2.05, 4.69) is 11.9 Å². The first-order chi connectivity index (χ1) is 7.65. The van der Waals surface area contributed by atoms with Crippen LogP contribution in [0.1, 0.15) is 12.5 Å². The minimum atomic E-state index is -0.440. The minimum Gasteiger partial charge on any atom is -0.468 e. The highest BCUT2D eigenvalue weighted by atomic mass is 16.5. The fourth-order valence-electron chi connectivity index (χ4n) is 1.39. The summed E-state index contributed by atoms with van der Waals surface area (Å²) in [6.45, 7) is 6.20. The van der Waals surface area contributed by atoms with Crippen LogP contribution >= 0.6 is 0 Å². The van der Waals surface area contributed by atoms with Gasteiger partial charge in [0.2, 0.25) is 0 Å². The molecule has 16 heavy (non-hydrogen) atoms. The number of benzene rings is 1. The maximum atomic E-state index is 11.4. The molecule has 0 saturated heterocycles. The molecule has 86 valence electrons. The van der Waals surface area contributed by atoms with E-state index in [1.165, 1.54) is 7.11 Å². The van der Waals surface area contributed by atoms with Crippen molar-refractivity contribution in [3.8, 4) is 0 Å². The van der Waals surface area contributed by atoms with Crippen molar-refractivity contribution in [3.63, 3.8) is 0 Å². The van der Waals surface area contributed by atoms with Crippen LogP contribution in [-0.2, 0) is 16.1 Å². The van der Waals surface area contributed by atoms with Crippen molar-refractivity contribution in [3.05, 3.63) is 48.0 Å². The average Bonchev–Trinajstić information content (AvgIpc) is 2.30. The molecule has 0 saturated carbocycles. The third-order valence-corrected chi connectivity index (χ3v) is 2.28. The fraction of sp³-hybridized carbons (Fsp3) is 0.308. The van der Waals surface area contributed by atoms with Gasteiger partial charge in [-0.05, 0) is 12.5 Å². The van der Waals surface area contributed by atoms with E-state index in [0.29, 0.717) is 6.54 Å². The molecule has 1 aromatic rings. The van der Waals surface area contributed by atoms with Gasteiger partial charge < -0.3 is 4.74 Å². The van der Waals surface area contributed by atoms with E-state index in [9.17, 15) is 4.79 Å². The lowest BCUT2D eigenvalue weighted by Gasteiger charge is -2.16. The Morgan fingerprint density at radius 2 is 2.06 bits per heavy atom. The molecule has 0 aliphatic heterocycles. The molecule has 0 unspecified atom stereocenters. The molecular formula is C13H17NO2. The third-order valence-electron chi connectivity index (χ3n) is 2.28. The Hall–Kier alpha value is -1.61. The molecular weight excluding hydrogens is 202 g/mol. The van der Waals surface area contributed by atoms with E-state index >= 15 is 0 Å². The SMILES string of the molecule is C=C(C)[C@H](NCc1ccccc1)C(=O)OC. The number of nitrogens with one attached hydrogen (secondary N) is 1. The van der Waals surface area contributed by atoms with Gasteiger partial charge in [-0.1, -0.05) is 42.5 Å². The van der Waals surface area contributed by atoms with Gasteiger partial charge in [-0.15, -0.1) is 0 Å². The van der Waals surface area contributed by atoms with Crippen LogP contribution in [-0.4, -0.2) is 19.1 Å². The Morgan fingerprint density at radius 1 is 1.44 bits per heavy atom. The second-order valence-corrected chi connectivity index (χ2v) is 3.67. The van der Waals surface area contributed by atoms with Crippen LogP contribution in [0.2, 0.25) is 0 Å². The lowest BCUT2D eigenvalue weighted by atomic mass is 10.1. The van der Waals surface area contributed by atoms with Crippen LogP contribution in [0.25, 0.3) is 0 Å². The molecule has 0 radical (unpaired) electrons. The topological polar surface area (TPSA) is 38.3 Å². The predicted octanol–water partition coefficient (Wildman–Crippen LogP) is 1.89. The number of carbonyl (C=O) groups is 1. The van der Waals surface area contributed by atoms with Gasteiger partial charge >= 0.3 is 5.97 Å². The second kappa shape index (κ2) is 6.08. The van der Waals surface area contributed by atoms with Gasteiger partial charge in [0, 0.05) is 6.54 Å². The summed E-state index contributed by atoms with van der Waals surface area (Å²) in [5, 5.41) is 3.11. The van der Waals surface area contributed by atoms with Crippen LogP contribution in [0.4, 0.5) is 0 Å². The number of rotatable bonds is 5. The molecule has 1 N–H and O–H groups in total. The Balaban J connectivity index is 2.57. The number of ether oxygens (including phenoxy) is 1. The smallest absolute Gasteiger partial charge is 0.327 e. The van der Waals surface area contributed by atoms with Gasteiger partial charge in [0.1, 0.15) is 6.04 Å². The Morgan fingerprint density at radius 3 is 2.56 bits per heavy atom. The normalized spacial score (nSPS) is 11.9. The molecule has 0 amide bonds. The van der Waals surface area contributed by atoms with Gasteiger partial charge in [0.05, 0.1) is 7.11 Å². The van der Waals surface area contributed by atoms with Crippen LogP contribution in [0.5, 0.6) is 0 Å². The third kappa shape index (κ3) is 3.51. The quantitative estimate of drug-likeness (QED) is 0.607. The summed E-state index contributed by atoms with van der Waals surface area (Å²) >= 11 is 0. The summed E-state index contributed by atoms with van der Waals surface area (Å²) < 4.78 is 4.70. The highest BCUT2D eigenvalue weighted by Crippen LogP contribution is 2.04. The Labute approximate surface area is 96.1 Å². The van der Waals surface area contributed by atoms with Crippen molar-refractivity contribution < 1.29 is 9.53 Å². The summed E-state index contributed by atoms with van der Waals surface area (Å²) in [7, 11) is 1.38. The summed E-state index contributed by atoms with van der Waals surface area (Å²) in [6, 6.07) is 9.44. The standard InChI is InChI=1S/C13H17NO2/c1-10(2)12(13(15)16-3)14-9-11-7-5-4-6-8-11/h4-8,12,14H,1,9H2,2-3H3/t12-/m0/s1. The van der Waals surface area contributed by atoms with Crippen LogP contribution in [0.15, 0.2) is 42.5 Å². The van der Waals surface area contributed by atoms with E-state index < -0.39 is 6.04 Å². The first-order valence-electron chi connectivity index (χ1n) is 5.15. The Kier molecular flexibility index (Phi) is 4.73. The highest BCUT2D eigenvalue weighted by molar-refractivity contribution is 5.79. The molecule has 1 aromatic carbocycles. The summed E-state index contributed by atoms with van der Waals surface area (Å²) in [5.74, 6) is -0.302. The van der Waals surface area contributed by atoms with E-state index in [1.807, 2.05) is 30.3 Å². The molecule has 0 bridgehead atoms. The van der Waals surface area contributed by atoms with Crippen molar-refractivity contribution in [2.24, 2.45) is 0 Å². The van der Waals surface area contributed by atoms with Crippen molar-refractivity contribution in [1.29, 1.82) is 0 Å². The monoisotopic (exact) mass is 219 g/mol. The zero-order valence-corrected chi connectivity index (χ0v) is 9.69. The molecule has 0 fully saturated rings. The largest absolute Gasteiger partial charge is 0.468 e. The van der Waals surface area contributed by atoms with Crippen molar-refractivity contribution >= 4 is 5.97 Å². The zero-order valence-electron chi connectivity index (χ0n) is 9.69. The number of hydrogen-bond acceptors (Lipinski definition) is 3. The zero-order chi connectivity index (χ0) is 12.0. The summed E-state index contributed by atoms with van der Waals surface area (Å²) in [6.07, 6.45) is 0. The van der Waals surface area contributed by atoms with Gasteiger partial charge in [-0.2, -0.15) is 0 Å². The summed E-state index contributed by atoms with van der Waals surface area (Å²) in [5.41, 5.74) is 1.88. The van der Waals surface area contributed by atoms with Crippen LogP contribution < -0.4 is 5.32 Å². The van der Waals surface area contributed by atoms with Crippen LogP contribution in [0, 0.1) is 0 Å². The fourth-order valence-corrected chi connectivity index (χ4v) is 1.39. The summed E-state index contributed by atoms with van der Waals surface area (Å²) in [4.78, 5) is 11.4. The molecule has 3 nitrogen and oxygen atoms in total. The lowest BCUT2D eigenvalue weighted by molar-refractivity contribution is -0.142. The van der Waals surface area contributed by atoms with Crippen molar-refractivity contribution in [2.45, 2.75) is 19.5 Å². The molecule has 0 aliphatic rings. The maximum absolute atomic E-state index is 11.4. The number of esters is 1. The number of methoxy groups -OCH3 is 1. The second-order valence-electron chi connectivity index (χ2n) is 3.67. The van der Waals surface area contributed by atoms with Crippen molar-refractivity contribution in [2.75, 3.05) is 7.11 Å². The van der Waals surface area contributed by atoms with Crippen molar-refractivity contribution in [1.82, 2.24) is 5.32 Å². The number of carbonyl (C=O) groups excluding carboxylic acids is 1. The molecule has 0 aromatic heterocycles. The average molecular weight is 219 g/mol. The van der Waals surface area contributed by atoms with Gasteiger partial charge in [-0.25, -0.2) is 0 Å². The molecule has 3 heteroatoms. The molecule has 0 heterocycles. The maximum Gasteiger partial charge on any atom is 0.327 e. The predicted molar refractivity (Wildman–Crippen MR) is 63.9 cm³/mol. The molecule has 0 aliphatic carbocycles.